The molecule has 0 unspecified atom stereocenters. The smallest absolute Gasteiger partial charge is 0.258 e. The van der Waals surface area contributed by atoms with Gasteiger partial charge in [-0.25, -0.2) is 4.98 Å². The molecule has 132 valence electrons. The van der Waals surface area contributed by atoms with E-state index in [2.05, 4.69) is 19.9 Å². The molecule has 1 aromatic heterocycles. The average molecular weight is 345 g/mol. The number of carbonyl (C=O) groups excluding carboxylic acids is 1. The fourth-order valence-electron chi connectivity index (χ4n) is 3.72. The molecule has 2 N–H and O–H groups in total. The molecule has 0 atom stereocenters. The Morgan fingerprint density at radius 3 is 2.62 bits per heavy atom. The number of nitrogens with two attached hydrogens (primary N) is 1. The molecule has 1 aliphatic rings. The highest BCUT2D eigenvalue weighted by molar-refractivity contribution is 6.09. The molecule has 0 saturated heterocycles. The van der Waals surface area contributed by atoms with E-state index < -0.39 is 0 Å². The average Bonchev–Trinajstić information content (AvgIpc) is 2.92. The van der Waals surface area contributed by atoms with Gasteiger partial charge in [0.2, 0.25) is 0 Å². The van der Waals surface area contributed by atoms with Gasteiger partial charge in [-0.3, -0.25) is 4.79 Å². The van der Waals surface area contributed by atoms with Crippen LogP contribution in [-0.2, 0) is 19.5 Å². The third-order valence-electron chi connectivity index (χ3n) is 4.90. The number of carbonyl (C=O) groups is 1. The first-order valence-electron chi connectivity index (χ1n) is 9.07. The van der Waals surface area contributed by atoms with Gasteiger partial charge in [0.1, 0.15) is 0 Å². The Balaban J connectivity index is 1.76. The zero-order valence-corrected chi connectivity index (χ0v) is 15.2. The van der Waals surface area contributed by atoms with Gasteiger partial charge in [0.25, 0.3) is 5.91 Å². The molecule has 4 nitrogen and oxygen atoms in total. The van der Waals surface area contributed by atoms with Crippen LogP contribution in [0.25, 0.3) is 10.9 Å². The van der Waals surface area contributed by atoms with Crippen LogP contribution < -0.4 is 5.73 Å². The summed E-state index contributed by atoms with van der Waals surface area (Å²) in [6, 6.07) is 16.1. The van der Waals surface area contributed by atoms with E-state index in [0.717, 1.165) is 28.6 Å². The number of rotatable bonds is 4. The van der Waals surface area contributed by atoms with Crippen molar-refractivity contribution < 1.29 is 4.79 Å². The minimum atomic E-state index is -0.0231. The Kier molecular flexibility index (Phi) is 4.11. The third-order valence-corrected chi connectivity index (χ3v) is 4.90. The number of pyridine rings is 1. The number of nitrogens with zero attached hydrogens (tertiary/aromatic N) is 2. The number of hydrogen-bond donors (Lipinski definition) is 1. The lowest BCUT2D eigenvalue weighted by atomic mass is 9.98. The van der Waals surface area contributed by atoms with Crippen LogP contribution in [0.5, 0.6) is 0 Å². The van der Waals surface area contributed by atoms with Crippen LogP contribution in [0.15, 0.2) is 48.5 Å². The third kappa shape index (κ3) is 2.81. The quantitative estimate of drug-likeness (QED) is 0.772. The van der Waals surface area contributed by atoms with Gasteiger partial charge in [0, 0.05) is 11.9 Å². The maximum Gasteiger partial charge on any atom is 0.258 e. The summed E-state index contributed by atoms with van der Waals surface area (Å²) in [7, 11) is 0. The summed E-state index contributed by atoms with van der Waals surface area (Å²) in [5.74, 6) is 0.512. The summed E-state index contributed by atoms with van der Waals surface area (Å²) in [6.07, 6.45) is 0.949. The summed E-state index contributed by atoms with van der Waals surface area (Å²) < 4.78 is 0. The van der Waals surface area contributed by atoms with Gasteiger partial charge >= 0.3 is 0 Å². The molecule has 0 saturated carbocycles. The minimum absolute atomic E-state index is 0.0231. The van der Waals surface area contributed by atoms with Crippen molar-refractivity contribution in [3.63, 3.8) is 0 Å². The number of anilines is 1. The second kappa shape index (κ2) is 6.45. The molecule has 4 rings (SSSR count). The Morgan fingerprint density at radius 2 is 1.88 bits per heavy atom. The Hall–Kier alpha value is -2.88. The molecular formula is C22H23N3O. The van der Waals surface area contributed by atoms with Gasteiger partial charge in [-0.1, -0.05) is 62.4 Å². The molecule has 1 aliphatic heterocycles. The molecule has 4 heteroatoms. The second-order valence-corrected chi connectivity index (χ2v) is 7.41. The normalized spacial score (nSPS) is 13.7. The van der Waals surface area contributed by atoms with Gasteiger partial charge in [0.15, 0.2) is 0 Å². The number of fused-ring (bicyclic) bond motifs is 2. The first kappa shape index (κ1) is 16.6. The fraction of sp³-hybridized carbons (Fsp3) is 0.273. The minimum Gasteiger partial charge on any atom is -0.397 e. The highest BCUT2D eigenvalue weighted by Crippen LogP contribution is 2.34. The van der Waals surface area contributed by atoms with Crippen LogP contribution in [0.3, 0.4) is 0 Å². The first-order chi connectivity index (χ1) is 12.5. The molecule has 0 fully saturated rings. The van der Waals surface area contributed by atoms with Gasteiger partial charge in [-0.15, -0.1) is 0 Å². The maximum absolute atomic E-state index is 12.9. The first-order valence-corrected chi connectivity index (χ1v) is 9.07. The summed E-state index contributed by atoms with van der Waals surface area (Å²) in [5, 5.41) is 0.886. The van der Waals surface area contributed by atoms with E-state index in [1.165, 1.54) is 5.56 Å². The van der Waals surface area contributed by atoms with E-state index in [-0.39, 0.29) is 5.91 Å². The van der Waals surface area contributed by atoms with Crippen LogP contribution in [0, 0.1) is 5.92 Å². The molecule has 2 heterocycles. The lowest BCUT2D eigenvalue weighted by Crippen LogP contribution is -2.23. The Bertz CT molecular complexity index is 980. The SMILES string of the molecule is CC(C)Cc1cccc2c(N)c3c(nc12)CN(Cc1ccccc1)C3=O. The van der Waals surface area contributed by atoms with Crippen molar-refractivity contribution in [2.75, 3.05) is 5.73 Å². The fourth-order valence-corrected chi connectivity index (χ4v) is 3.72. The summed E-state index contributed by atoms with van der Waals surface area (Å²) in [5.41, 5.74) is 11.6. The summed E-state index contributed by atoms with van der Waals surface area (Å²) in [6.45, 7) is 5.48. The summed E-state index contributed by atoms with van der Waals surface area (Å²) in [4.78, 5) is 19.6. The number of aromatic nitrogens is 1. The lowest BCUT2D eigenvalue weighted by Gasteiger charge is -2.15. The molecule has 0 aliphatic carbocycles. The molecule has 3 aromatic rings. The van der Waals surface area contributed by atoms with E-state index in [0.29, 0.717) is 30.3 Å². The molecule has 0 radical (unpaired) electrons. The molecule has 0 bridgehead atoms. The van der Waals surface area contributed by atoms with E-state index >= 15 is 0 Å². The zero-order valence-electron chi connectivity index (χ0n) is 15.2. The molecule has 26 heavy (non-hydrogen) atoms. The van der Waals surface area contributed by atoms with Crippen LogP contribution in [-0.4, -0.2) is 15.8 Å². The Labute approximate surface area is 153 Å². The number of hydrogen-bond acceptors (Lipinski definition) is 3. The van der Waals surface area contributed by atoms with Crippen molar-refractivity contribution in [1.29, 1.82) is 0 Å². The maximum atomic E-state index is 12.9. The van der Waals surface area contributed by atoms with Crippen molar-refractivity contribution in [2.24, 2.45) is 5.92 Å². The van der Waals surface area contributed by atoms with Crippen molar-refractivity contribution in [3.05, 3.63) is 70.9 Å². The van der Waals surface area contributed by atoms with E-state index in [4.69, 9.17) is 10.7 Å². The zero-order chi connectivity index (χ0) is 18.3. The van der Waals surface area contributed by atoms with Crippen LogP contribution >= 0.6 is 0 Å². The van der Waals surface area contributed by atoms with Gasteiger partial charge in [0.05, 0.1) is 29.0 Å². The highest BCUT2D eigenvalue weighted by Gasteiger charge is 2.32. The van der Waals surface area contributed by atoms with Crippen LogP contribution in [0.1, 0.15) is 41.0 Å². The monoisotopic (exact) mass is 345 g/mol. The predicted molar refractivity (Wildman–Crippen MR) is 105 cm³/mol. The molecule has 2 aromatic carbocycles. The van der Waals surface area contributed by atoms with Gasteiger partial charge < -0.3 is 10.6 Å². The number of para-hydroxylation sites is 1. The summed E-state index contributed by atoms with van der Waals surface area (Å²) >= 11 is 0. The second-order valence-electron chi connectivity index (χ2n) is 7.41. The van der Waals surface area contributed by atoms with Crippen LogP contribution in [0.4, 0.5) is 5.69 Å². The number of nitrogen functional groups attached to an aromatic ring is 1. The number of benzene rings is 2. The Morgan fingerprint density at radius 1 is 1.12 bits per heavy atom. The van der Waals surface area contributed by atoms with Gasteiger partial charge in [-0.2, -0.15) is 0 Å². The molecular weight excluding hydrogens is 322 g/mol. The van der Waals surface area contributed by atoms with E-state index in [1.54, 1.807) is 0 Å². The highest BCUT2D eigenvalue weighted by atomic mass is 16.2. The standard InChI is InChI=1S/C22H23N3O/c1-14(2)11-16-9-6-10-17-20(23)19-18(24-21(16)17)13-25(22(19)26)12-15-7-4-3-5-8-15/h3-10,14H,11-13H2,1-2H3,(H2,23,24). The predicted octanol–water partition coefficient (Wildman–Crippen LogP) is 4.17. The van der Waals surface area contributed by atoms with Crippen molar-refractivity contribution in [3.8, 4) is 0 Å². The van der Waals surface area contributed by atoms with E-state index in [9.17, 15) is 4.79 Å². The molecule has 0 spiro atoms. The van der Waals surface area contributed by atoms with Crippen molar-refractivity contribution >= 4 is 22.5 Å². The lowest BCUT2D eigenvalue weighted by molar-refractivity contribution is 0.0767. The van der Waals surface area contributed by atoms with Crippen molar-refractivity contribution in [1.82, 2.24) is 9.88 Å². The van der Waals surface area contributed by atoms with Gasteiger partial charge in [-0.05, 0) is 23.5 Å². The number of amides is 1. The molecule has 1 amide bonds. The largest absolute Gasteiger partial charge is 0.397 e. The van der Waals surface area contributed by atoms with Crippen LogP contribution in [0.2, 0.25) is 0 Å². The van der Waals surface area contributed by atoms with Crippen molar-refractivity contribution in [2.45, 2.75) is 33.4 Å². The topological polar surface area (TPSA) is 59.2 Å². The van der Waals surface area contributed by atoms with E-state index in [1.807, 2.05) is 47.4 Å².